The number of esters is 2. The molecule has 0 N–H and O–H groups in total. The summed E-state index contributed by atoms with van der Waals surface area (Å²) in [5.41, 5.74) is 1.64. The van der Waals surface area contributed by atoms with Gasteiger partial charge in [-0.05, 0) is 60.7 Å². The molecule has 4 rings (SSSR count). The van der Waals surface area contributed by atoms with E-state index in [0.29, 0.717) is 22.4 Å². The van der Waals surface area contributed by atoms with Crippen LogP contribution in [0.3, 0.4) is 0 Å². The van der Waals surface area contributed by atoms with Gasteiger partial charge in [-0.1, -0.05) is 12.1 Å². The van der Waals surface area contributed by atoms with Crippen LogP contribution in [-0.2, 0) is 4.74 Å². The maximum absolute atomic E-state index is 12.5. The molecule has 0 saturated carbocycles. The lowest BCUT2D eigenvalue weighted by Crippen LogP contribution is -2.29. The summed E-state index contributed by atoms with van der Waals surface area (Å²) in [5.74, 6) is -1.66. The van der Waals surface area contributed by atoms with E-state index in [9.17, 15) is 19.2 Å². The molecule has 1 aliphatic rings. The Labute approximate surface area is 171 Å². The number of benzene rings is 3. The number of carbonyl (C=O) groups excluding carboxylic acids is 4. The molecule has 148 valence electrons. The van der Waals surface area contributed by atoms with Gasteiger partial charge in [0.05, 0.1) is 35.1 Å². The highest BCUT2D eigenvalue weighted by atomic mass is 16.5. The molecular formula is C23H15NO6. The molecule has 0 radical (unpaired) electrons. The molecule has 0 aliphatic carbocycles. The Balaban J connectivity index is 1.49. The number of hydrogen-bond donors (Lipinski definition) is 0. The van der Waals surface area contributed by atoms with E-state index in [1.54, 1.807) is 24.3 Å². The number of anilines is 1. The SMILES string of the molecule is COC(=O)c1ccc(OC(=O)c2ccc(N3C(=O)c4ccccc4C3=O)cc2)cc1. The van der Waals surface area contributed by atoms with Gasteiger partial charge in [-0.15, -0.1) is 0 Å². The third-order valence-electron chi connectivity index (χ3n) is 4.64. The molecule has 0 unspecified atom stereocenters. The van der Waals surface area contributed by atoms with Crippen molar-refractivity contribution in [1.82, 2.24) is 0 Å². The maximum atomic E-state index is 12.5. The van der Waals surface area contributed by atoms with Crippen molar-refractivity contribution in [2.24, 2.45) is 0 Å². The number of fused-ring (bicyclic) bond motifs is 1. The average Bonchev–Trinajstić information content (AvgIpc) is 3.04. The summed E-state index contributed by atoms with van der Waals surface area (Å²) in [6.45, 7) is 0. The monoisotopic (exact) mass is 401 g/mol. The smallest absolute Gasteiger partial charge is 0.343 e. The second-order valence-electron chi connectivity index (χ2n) is 6.44. The quantitative estimate of drug-likeness (QED) is 0.378. The fraction of sp³-hybridized carbons (Fsp3) is 0.0435. The molecule has 1 heterocycles. The van der Waals surface area contributed by atoms with Crippen LogP contribution in [0.15, 0.2) is 72.8 Å². The summed E-state index contributed by atoms with van der Waals surface area (Å²) < 4.78 is 9.91. The number of nitrogens with zero attached hydrogens (tertiary/aromatic N) is 1. The maximum Gasteiger partial charge on any atom is 0.343 e. The van der Waals surface area contributed by atoms with Gasteiger partial charge in [0.25, 0.3) is 11.8 Å². The number of rotatable bonds is 4. The fourth-order valence-corrected chi connectivity index (χ4v) is 3.11. The van der Waals surface area contributed by atoms with E-state index in [4.69, 9.17) is 4.74 Å². The van der Waals surface area contributed by atoms with Gasteiger partial charge in [0.2, 0.25) is 0 Å². The summed E-state index contributed by atoms with van der Waals surface area (Å²) in [6, 6.07) is 18.5. The van der Waals surface area contributed by atoms with E-state index in [2.05, 4.69) is 4.74 Å². The van der Waals surface area contributed by atoms with Crippen LogP contribution < -0.4 is 9.64 Å². The van der Waals surface area contributed by atoms with Crippen LogP contribution in [0.2, 0.25) is 0 Å². The number of ether oxygens (including phenoxy) is 2. The minimum absolute atomic E-state index is 0.243. The van der Waals surface area contributed by atoms with Gasteiger partial charge in [0.1, 0.15) is 5.75 Å². The second-order valence-corrected chi connectivity index (χ2v) is 6.44. The van der Waals surface area contributed by atoms with E-state index in [1.165, 1.54) is 55.6 Å². The summed E-state index contributed by atoms with van der Waals surface area (Å²) in [5, 5.41) is 0. The van der Waals surface area contributed by atoms with E-state index >= 15 is 0 Å². The first-order chi connectivity index (χ1) is 14.5. The number of amides is 2. The zero-order valence-electron chi connectivity index (χ0n) is 15.8. The molecular weight excluding hydrogens is 386 g/mol. The number of imide groups is 1. The zero-order valence-corrected chi connectivity index (χ0v) is 15.8. The molecule has 0 fully saturated rings. The molecule has 30 heavy (non-hydrogen) atoms. The molecule has 2 amide bonds. The van der Waals surface area contributed by atoms with Gasteiger partial charge < -0.3 is 9.47 Å². The molecule has 7 nitrogen and oxygen atoms in total. The third kappa shape index (κ3) is 3.33. The molecule has 0 bridgehead atoms. The summed E-state index contributed by atoms with van der Waals surface area (Å²) >= 11 is 0. The minimum atomic E-state index is -0.616. The largest absolute Gasteiger partial charge is 0.465 e. The lowest BCUT2D eigenvalue weighted by molar-refractivity contribution is 0.0600. The fourth-order valence-electron chi connectivity index (χ4n) is 3.11. The van der Waals surface area contributed by atoms with Gasteiger partial charge in [-0.25, -0.2) is 14.5 Å². The predicted octanol–water partition coefficient (Wildman–Crippen LogP) is 3.49. The van der Waals surface area contributed by atoms with E-state index in [-0.39, 0.29) is 11.3 Å². The molecule has 3 aromatic carbocycles. The molecule has 0 atom stereocenters. The Bertz CT molecular complexity index is 1130. The highest BCUT2D eigenvalue weighted by Crippen LogP contribution is 2.28. The molecule has 0 aromatic heterocycles. The van der Waals surface area contributed by atoms with E-state index in [0.717, 1.165) is 4.90 Å². The van der Waals surface area contributed by atoms with Crippen LogP contribution in [0.25, 0.3) is 0 Å². The van der Waals surface area contributed by atoms with Crippen LogP contribution in [0.4, 0.5) is 5.69 Å². The van der Waals surface area contributed by atoms with Crippen LogP contribution >= 0.6 is 0 Å². The number of methoxy groups -OCH3 is 1. The normalized spacial score (nSPS) is 12.5. The molecule has 0 spiro atoms. The lowest BCUT2D eigenvalue weighted by atomic mass is 10.1. The molecule has 0 saturated heterocycles. The van der Waals surface area contributed by atoms with Gasteiger partial charge in [-0.2, -0.15) is 0 Å². The van der Waals surface area contributed by atoms with Gasteiger partial charge in [0, 0.05) is 0 Å². The summed E-state index contributed by atoms with van der Waals surface area (Å²) in [4.78, 5) is 50.0. The minimum Gasteiger partial charge on any atom is -0.465 e. The van der Waals surface area contributed by atoms with Crippen molar-refractivity contribution >= 4 is 29.4 Å². The standard InChI is InChI=1S/C23H15NO6/c1-29-22(27)14-8-12-17(13-9-14)30-23(28)15-6-10-16(11-7-15)24-20(25)18-4-2-3-5-19(18)21(24)26/h2-13H,1H3. The molecule has 7 heteroatoms. The Morgan fingerprint density at radius 3 is 1.73 bits per heavy atom. The molecule has 1 aliphatic heterocycles. The Hall–Kier alpha value is -4.26. The highest BCUT2D eigenvalue weighted by Gasteiger charge is 2.36. The first-order valence-corrected chi connectivity index (χ1v) is 8.98. The van der Waals surface area contributed by atoms with Crippen LogP contribution in [0.1, 0.15) is 41.4 Å². The summed E-state index contributed by atoms with van der Waals surface area (Å²) in [6.07, 6.45) is 0. The topological polar surface area (TPSA) is 90.0 Å². The number of carbonyl (C=O) groups is 4. The van der Waals surface area contributed by atoms with Crippen LogP contribution in [0.5, 0.6) is 5.75 Å². The predicted molar refractivity (Wildman–Crippen MR) is 107 cm³/mol. The highest BCUT2D eigenvalue weighted by molar-refractivity contribution is 6.34. The van der Waals surface area contributed by atoms with Crippen molar-refractivity contribution in [3.63, 3.8) is 0 Å². The average molecular weight is 401 g/mol. The van der Waals surface area contributed by atoms with E-state index < -0.39 is 23.8 Å². The van der Waals surface area contributed by atoms with Crippen molar-refractivity contribution < 1.29 is 28.7 Å². The van der Waals surface area contributed by atoms with Crippen molar-refractivity contribution in [3.05, 3.63) is 95.1 Å². The summed E-state index contributed by atoms with van der Waals surface area (Å²) in [7, 11) is 1.28. The third-order valence-corrected chi connectivity index (χ3v) is 4.64. The first-order valence-electron chi connectivity index (χ1n) is 8.98. The zero-order chi connectivity index (χ0) is 21.3. The Morgan fingerprint density at radius 1 is 0.700 bits per heavy atom. The Morgan fingerprint density at radius 2 is 1.20 bits per heavy atom. The second kappa shape index (κ2) is 7.63. The van der Waals surface area contributed by atoms with Gasteiger partial charge >= 0.3 is 11.9 Å². The van der Waals surface area contributed by atoms with Gasteiger partial charge in [-0.3, -0.25) is 9.59 Å². The van der Waals surface area contributed by atoms with Crippen molar-refractivity contribution in [3.8, 4) is 5.75 Å². The van der Waals surface area contributed by atoms with Gasteiger partial charge in [0.15, 0.2) is 0 Å². The number of hydrogen-bond acceptors (Lipinski definition) is 6. The van der Waals surface area contributed by atoms with Crippen LogP contribution in [-0.4, -0.2) is 30.9 Å². The van der Waals surface area contributed by atoms with Crippen LogP contribution in [0, 0.1) is 0 Å². The Kier molecular flexibility index (Phi) is 4.85. The van der Waals surface area contributed by atoms with Crippen molar-refractivity contribution in [1.29, 1.82) is 0 Å². The van der Waals surface area contributed by atoms with E-state index in [1.807, 2.05) is 0 Å². The lowest BCUT2D eigenvalue weighted by Gasteiger charge is -2.14. The van der Waals surface area contributed by atoms with Crippen molar-refractivity contribution in [2.45, 2.75) is 0 Å². The molecule has 3 aromatic rings. The first kappa shape index (κ1) is 19.1. The van der Waals surface area contributed by atoms with Crippen molar-refractivity contribution in [2.75, 3.05) is 12.0 Å².